The minimum absolute atomic E-state index is 0.232. The minimum atomic E-state index is 0.232. The van der Waals surface area contributed by atoms with Crippen molar-refractivity contribution in [3.63, 3.8) is 0 Å². The second-order valence-electron chi connectivity index (χ2n) is 9.89. The van der Waals surface area contributed by atoms with E-state index < -0.39 is 0 Å². The van der Waals surface area contributed by atoms with Crippen LogP contribution in [0.25, 0.3) is 16.3 Å². The number of ether oxygens (including phenoxy) is 1. The van der Waals surface area contributed by atoms with Crippen LogP contribution in [-0.2, 0) is 6.42 Å². The molecular weight excluding hydrogens is 382 g/mol. The molecule has 6 rings (SSSR count). The molecule has 158 valence electrons. The van der Waals surface area contributed by atoms with Crippen molar-refractivity contribution in [1.82, 2.24) is 4.98 Å². The molecule has 1 N–H and O–H groups in total. The highest BCUT2D eigenvalue weighted by Gasteiger charge is 2.52. The van der Waals surface area contributed by atoms with Crippen molar-refractivity contribution in [2.45, 2.75) is 44.9 Å². The number of pyridine rings is 1. The Labute approximate surface area is 183 Å². The zero-order chi connectivity index (χ0) is 21.2. The number of aromatic nitrogens is 1. The summed E-state index contributed by atoms with van der Waals surface area (Å²) >= 11 is 0. The highest BCUT2D eigenvalue weighted by molar-refractivity contribution is 5.86. The molecule has 0 unspecified atom stereocenters. The first-order valence-electron chi connectivity index (χ1n) is 11.5. The van der Waals surface area contributed by atoms with Crippen molar-refractivity contribution in [1.29, 1.82) is 0 Å². The largest absolute Gasteiger partial charge is 0.504 e. The zero-order valence-electron chi connectivity index (χ0n) is 18.3. The van der Waals surface area contributed by atoms with Crippen LogP contribution in [0.3, 0.4) is 0 Å². The van der Waals surface area contributed by atoms with E-state index >= 15 is 0 Å². The summed E-state index contributed by atoms with van der Waals surface area (Å²) in [4.78, 5) is 4.33. The zero-order valence-corrected chi connectivity index (χ0v) is 18.3. The van der Waals surface area contributed by atoms with E-state index in [9.17, 15) is 5.11 Å². The van der Waals surface area contributed by atoms with E-state index in [2.05, 4.69) is 48.3 Å². The number of nitrogens with zero attached hydrogens (tertiary/aromatic N) is 1. The fourth-order valence-electron chi connectivity index (χ4n) is 7.02. The standard InChI is InChI=1S/C28H29NO2/c1-28-11-9-21-22(6-5-18-14-26(30)27(31-2)15-23(18)21)25(28)8-7-24(28)19-4-3-17-10-12-29-16-20(17)13-19/h3-4,7,10,12-16,21-22,25,30H,5-6,8-9,11H2,1-2H3/t21-,22+,25-,28+/m0/s1. The second kappa shape index (κ2) is 6.85. The number of methoxy groups -OCH3 is 1. The molecule has 0 aliphatic heterocycles. The molecule has 0 radical (unpaired) electrons. The maximum absolute atomic E-state index is 10.3. The summed E-state index contributed by atoms with van der Waals surface area (Å²) in [5.74, 6) is 2.83. The van der Waals surface area contributed by atoms with Crippen LogP contribution in [0.2, 0.25) is 0 Å². The molecule has 3 aromatic rings. The molecule has 0 spiro atoms. The third-order valence-electron chi connectivity index (χ3n) is 8.56. The van der Waals surface area contributed by atoms with Crippen molar-refractivity contribution < 1.29 is 9.84 Å². The van der Waals surface area contributed by atoms with E-state index in [-0.39, 0.29) is 11.2 Å². The SMILES string of the molecule is COc1cc2c(cc1O)CC[C@@H]1[C@@H]2CC[C@]2(C)C(c3ccc4ccncc4c3)=CC[C@@H]12. The lowest BCUT2D eigenvalue weighted by molar-refractivity contribution is 0.0884. The molecule has 3 aliphatic carbocycles. The van der Waals surface area contributed by atoms with Crippen molar-refractivity contribution in [3.05, 3.63) is 71.6 Å². The van der Waals surface area contributed by atoms with Gasteiger partial charge in [0.25, 0.3) is 0 Å². The molecule has 1 aromatic heterocycles. The first kappa shape index (κ1) is 18.9. The Balaban J connectivity index is 1.35. The van der Waals surface area contributed by atoms with Crippen LogP contribution in [0.4, 0.5) is 0 Å². The van der Waals surface area contributed by atoms with Gasteiger partial charge in [0, 0.05) is 17.8 Å². The number of rotatable bonds is 2. The summed E-state index contributed by atoms with van der Waals surface area (Å²) in [7, 11) is 1.64. The molecule has 0 bridgehead atoms. The number of phenols is 1. The first-order chi connectivity index (χ1) is 15.1. The number of aryl methyl sites for hydroxylation is 1. The van der Waals surface area contributed by atoms with Gasteiger partial charge in [-0.15, -0.1) is 0 Å². The van der Waals surface area contributed by atoms with E-state index in [0.29, 0.717) is 23.5 Å². The normalized spacial score (nSPS) is 29.1. The van der Waals surface area contributed by atoms with Gasteiger partial charge in [-0.25, -0.2) is 0 Å². The van der Waals surface area contributed by atoms with Gasteiger partial charge in [-0.05, 0) is 107 Å². The molecule has 1 fully saturated rings. The van der Waals surface area contributed by atoms with Gasteiger partial charge in [-0.2, -0.15) is 0 Å². The molecule has 3 nitrogen and oxygen atoms in total. The Kier molecular flexibility index (Phi) is 4.18. The Morgan fingerprint density at radius 2 is 2.00 bits per heavy atom. The smallest absolute Gasteiger partial charge is 0.160 e. The van der Waals surface area contributed by atoms with Crippen molar-refractivity contribution in [2.75, 3.05) is 7.11 Å². The van der Waals surface area contributed by atoms with Gasteiger partial charge < -0.3 is 9.84 Å². The molecule has 0 saturated heterocycles. The molecule has 3 aliphatic rings. The summed E-state index contributed by atoms with van der Waals surface area (Å²) in [6, 6.07) is 13.0. The van der Waals surface area contributed by atoms with Gasteiger partial charge in [-0.3, -0.25) is 4.98 Å². The quantitative estimate of drug-likeness (QED) is 0.523. The van der Waals surface area contributed by atoms with E-state index in [1.807, 2.05) is 18.5 Å². The number of hydrogen-bond acceptors (Lipinski definition) is 3. The number of hydrogen-bond donors (Lipinski definition) is 1. The topological polar surface area (TPSA) is 42.4 Å². The van der Waals surface area contributed by atoms with Gasteiger partial charge >= 0.3 is 0 Å². The number of allylic oxidation sites excluding steroid dienone is 2. The average molecular weight is 412 g/mol. The number of phenolic OH excluding ortho intramolecular Hbond substituents is 1. The van der Waals surface area contributed by atoms with Gasteiger partial charge in [-0.1, -0.05) is 25.1 Å². The van der Waals surface area contributed by atoms with Gasteiger partial charge in [0.15, 0.2) is 11.5 Å². The maximum atomic E-state index is 10.3. The van der Waals surface area contributed by atoms with Crippen LogP contribution in [-0.4, -0.2) is 17.2 Å². The van der Waals surface area contributed by atoms with E-state index in [4.69, 9.17) is 4.74 Å². The summed E-state index contributed by atoms with van der Waals surface area (Å²) in [5, 5.41) is 12.7. The monoisotopic (exact) mass is 411 g/mol. The second-order valence-corrected chi connectivity index (χ2v) is 9.89. The average Bonchev–Trinajstić information content (AvgIpc) is 3.15. The Morgan fingerprint density at radius 1 is 1.10 bits per heavy atom. The molecule has 31 heavy (non-hydrogen) atoms. The van der Waals surface area contributed by atoms with Crippen molar-refractivity contribution in [2.24, 2.45) is 17.3 Å². The van der Waals surface area contributed by atoms with Crippen LogP contribution in [0, 0.1) is 17.3 Å². The lowest BCUT2D eigenvalue weighted by Crippen LogP contribution is -2.40. The van der Waals surface area contributed by atoms with E-state index in [1.165, 1.54) is 58.7 Å². The fourth-order valence-corrected chi connectivity index (χ4v) is 7.02. The lowest BCUT2D eigenvalue weighted by Gasteiger charge is -2.50. The third kappa shape index (κ3) is 2.75. The molecule has 3 heteroatoms. The predicted octanol–water partition coefficient (Wildman–Crippen LogP) is 6.50. The first-order valence-corrected chi connectivity index (χ1v) is 11.5. The summed E-state index contributed by atoms with van der Waals surface area (Å²) in [6.45, 7) is 2.51. The lowest BCUT2D eigenvalue weighted by atomic mass is 9.54. The molecule has 0 amide bonds. The highest BCUT2D eigenvalue weighted by Crippen LogP contribution is 2.63. The summed E-state index contributed by atoms with van der Waals surface area (Å²) in [6.07, 6.45) is 12.2. The summed E-state index contributed by atoms with van der Waals surface area (Å²) in [5.41, 5.74) is 5.87. The third-order valence-corrected chi connectivity index (χ3v) is 8.56. The predicted molar refractivity (Wildman–Crippen MR) is 124 cm³/mol. The Morgan fingerprint density at radius 3 is 2.87 bits per heavy atom. The van der Waals surface area contributed by atoms with Crippen molar-refractivity contribution >= 4 is 16.3 Å². The highest BCUT2D eigenvalue weighted by atomic mass is 16.5. The summed E-state index contributed by atoms with van der Waals surface area (Å²) < 4.78 is 5.44. The number of benzene rings is 2. The van der Waals surface area contributed by atoms with Gasteiger partial charge in [0.2, 0.25) is 0 Å². The van der Waals surface area contributed by atoms with Gasteiger partial charge in [0.1, 0.15) is 0 Å². The minimum Gasteiger partial charge on any atom is -0.504 e. The van der Waals surface area contributed by atoms with Gasteiger partial charge in [0.05, 0.1) is 7.11 Å². The van der Waals surface area contributed by atoms with Crippen LogP contribution >= 0.6 is 0 Å². The maximum Gasteiger partial charge on any atom is 0.160 e. The number of fused-ring (bicyclic) bond motifs is 6. The Bertz CT molecular complexity index is 1210. The number of aromatic hydroxyl groups is 1. The molecule has 4 atom stereocenters. The fraction of sp³-hybridized carbons (Fsp3) is 0.393. The van der Waals surface area contributed by atoms with Crippen LogP contribution < -0.4 is 4.74 Å². The van der Waals surface area contributed by atoms with Crippen LogP contribution in [0.5, 0.6) is 11.5 Å². The van der Waals surface area contributed by atoms with Crippen LogP contribution in [0.15, 0.2) is 54.9 Å². The van der Waals surface area contributed by atoms with Crippen LogP contribution in [0.1, 0.15) is 55.2 Å². The molecule has 2 aromatic carbocycles. The molecule has 1 saturated carbocycles. The van der Waals surface area contributed by atoms with E-state index in [1.54, 1.807) is 7.11 Å². The molecular formula is C28H29NO2. The Hall–Kier alpha value is -2.81. The van der Waals surface area contributed by atoms with E-state index in [0.717, 1.165) is 6.42 Å². The van der Waals surface area contributed by atoms with Crippen molar-refractivity contribution in [3.8, 4) is 11.5 Å². The molecule has 1 heterocycles.